The van der Waals surface area contributed by atoms with Gasteiger partial charge in [-0.2, -0.15) is 21.9 Å². The Morgan fingerprint density at radius 1 is 0.857 bits per heavy atom. The van der Waals surface area contributed by atoms with Crippen molar-refractivity contribution in [2.45, 2.75) is 9.79 Å². The van der Waals surface area contributed by atoms with E-state index in [1.165, 1.54) is 24.3 Å². The standard InChI is InChI=1S/C18H18N4O10S3/c19-14-6-5-12-13(16(14)20)9-15(34(26,27)28)17(18(12)23)22-21-10-1-3-11(4-2-10)33(24,25)8-7-32-35(29,30)31/h1-6,9,23H,7-8,19-20H2,(H,26,27,28)(H,29,30,31). The second kappa shape index (κ2) is 9.36. The molecule has 17 heteroatoms. The van der Waals surface area contributed by atoms with E-state index in [0.29, 0.717) is 0 Å². The smallest absolute Gasteiger partial charge is 0.397 e. The van der Waals surface area contributed by atoms with Gasteiger partial charge in [0.15, 0.2) is 15.6 Å². The van der Waals surface area contributed by atoms with Crippen LogP contribution in [0.25, 0.3) is 10.8 Å². The van der Waals surface area contributed by atoms with Gasteiger partial charge in [0.05, 0.1) is 34.3 Å². The molecule has 0 heterocycles. The van der Waals surface area contributed by atoms with Crippen LogP contribution in [0.2, 0.25) is 0 Å². The summed E-state index contributed by atoms with van der Waals surface area (Å²) in [6, 6.07) is 8.36. The number of hydrogen-bond donors (Lipinski definition) is 5. The second-order valence-electron chi connectivity index (χ2n) is 6.97. The van der Waals surface area contributed by atoms with Gasteiger partial charge >= 0.3 is 10.4 Å². The fourth-order valence-corrected chi connectivity index (χ4v) is 5.08. The Morgan fingerprint density at radius 2 is 1.49 bits per heavy atom. The van der Waals surface area contributed by atoms with Gasteiger partial charge in [0.1, 0.15) is 10.6 Å². The summed E-state index contributed by atoms with van der Waals surface area (Å²) < 4.78 is 91.4. The zero-order valence-corrected chi connectivity index (χ0v) is 19.9. The molecule has 35 heavy (non-hydrogen) atoms. The normalized spacial score (nSPS) is 13.0. The van der Waals surface area contributed by atoms with E-state index < -0.39 is 59.0 Å². The van der Waals surface area contributed by atoms with Crippen molar-refractivity contribution >= 4 is 63.9 Å². The maximum absolute atomic E-state index is 12.2. The number of nitrogens with two attached hydrogens (primary N) is 2. The molecule has 0 spiro atoms. The van der Waals surface area contributed by atoms with Crippen molar-refractivity contribution in [3.05, 3.63) is 42.5 Å². The van der Waals surface area contributed by atoms with E-state index >= 15 is 0 Å². The van der Waals surface area contributed by atoms with Crippen LogP contribution in [0.5, 0.6) is 5.75 Å². The Morgan fingerprint density at radius 3 is 2.06 bits per heavy atom. The highest BCUT2D eigenvalue weighted by Crippen LogP contribution is 2.43. The lowest BCUT2D eigenvalue weighted by atomic mass is 10.1. The lowest BCUT2D eigenvalue weighted by molar-refractivity contribution is 0.284. The second-order valence-corrected chi connectivity index (χ2v) is 11.6. The molecule has 188 valence electrons. The first-order valence-electron chi connectivity index (χ1n) is 9.27. The lowest BCUT2D eigenvalue weighted by Crippen LogP contribution is -2.15. The molecule has 7 N–H and O–H groups in total. The fourth-order valence-electron chi connectivity index (χ4n) is 2.95. The van der Waals surface area contributed by atoms with Crippen LogP contribution in [0.3, 0.4) is 0 Å². The quantitative estimate of drug-likeness (QED) is 0.154. The predicted octanol–water partition coefficient (Wildman–Crippen LogP) is 1.96. The van der Waals surface area contributed by atoms with Gasteiger partial charge in [-0.3, -0.25) is 9.11 Å². The van der Waals surface area contributed by atoms with Crippen LogP contribution >= 0.6 is 0 Å². The highest BCUT2D eigenvalue weighted by Gasteiger charge is 2.23. The minimum Gasteiger partial charge on any atom is -0.505 e. The summed E-state index contributed by atoms with van der Waals surface area (Å²) in [6.07, 6.45) is 0. The first-order valence-corrected chi connectivity index (χ1v) is 13.7. The number of phenolic OH excluding ortho intramolecular Hbond substituents is 1. The molecule has 0 atom stereocenters. The van der Waals surface area contributed by atoms with Crippen LogP contribution in [0.4, 0.5) is 22.7 Å². The van der Waals surface area contributed by atoms with Gasteiger partial charge in [0, 0.05) is 10.8 Å². The molecule has 0 unspecified atom stereocenters. The number of rotatable bonds is 8. The van der Waals surface area contributed by atoms with Gasteiger partial charge < -0.3 is 16.6 Å². The molecule has 0 amide bonds. The van der Waals surface area contributed by atoms with Crippen LogP contribution in [0.15, 0.2) is 62.5 Å². The molecule has 3 rings (SSSR count). The summed E-state index contributed by atoms with van der Waals surface area (Å²) in [5.74, 6) is -1.40. The molecular weight excluding hydrogens is 528 g/mol. The lowest BCUT2D eigenvalue weighted by Gasteiger charge is -2.11. The topological polar surface area (TPSA) is 249 Å². The Hall–Kier alpha value is -3.35. The number of nitrogens with zero attached hydrogens (tertiary/aromatic N) is 2. The fraction of sp³-hybridized carbons (Fsp3) is 0.111. The van der Waals surface area contributed by atoms with Crippen LogP contribution in [0, 0.1) is 0 Å². The number of sulfone groups is 1. The third kappa shape index (κ3) is 6.02. The van der Waals surface area contributed by atoms with Crippen LogP contribution in [-0.4, -0.2) is 51.8 Å². The molecule has 0 aliphatic carbocycles. The van der Waals surface area contributed by atoms with Crippen LogP contribution in [-0.2, 0) is 34.5 Å². The Labute approximate surface area is 199 Å². The SMILES string of the molecule is Nc1ccc2c(O)c(N=Nc3ccc(S(=O)(=O)CCOS(=O)(=O)O)cc3)c(S(=O)(=O)O)cc2c1N. The van der Waals surface area contributed by atoms with Gasteiger partial charge in [-0.25, -0.2) is 12.6 Å². The number of phenols is 1. The van der Waals surface area contributed by atoms with Crippen LogP contribution in [0.1, 0.15) is 0 Å². The molecule has 0 aliphatic heterocycles. The minimum absolute atomic E-state index is 0.0232. The van der Waals surface area contributed by atoms with Crippen molar-refractivity contribution < 1.29 is 43.6 Å². The monoisotopic (exact) mass is 546 g/mol. The highest BCUT2D eigenvalue weighted by atomic mass is 32.3. The highest BCUT2D eigenvalue weighted by molar-refractivity contribution is 7.91. The van der Waals surface area contributed by atoms with Crippen molar-refractivity contribution in [2.75, 3.05) is 23.8 Å². The number of anilines is 2. The van der Waals surface area contributed by atoms with E-state index in [1.807, 2.05) is 0 Å². The van der Waals surface area contributed by atoms with E-state index in [1.54, 1.807) is 0 Å². The maximum Gasteiger partial charge on any atom is 0.397 e. The van der Waals surface area contributed by atoms with Crippen LogP contribution < -0.4 is 11.5 Å². The van der Waals surface area contributed by atoms with E-state index in [2.05, 4.69) is 14.4 Å². The van der Waals surface area contributed by atoms with E-state index in [4.69, 9.17) is 16.0 Å². The van der Waals surface area contributed by atoms with Gasteiger partial charge in [-0.15, -0.1) is 5.11 Å². The summed E-state index contributed by atoms with van der Waals surface area (Å²) in [5, 5.41) is 18.2. The Balaban J connectivity index is 1.97. The van der Waals surface area contributed by atoms with Gasteiger partial charge in [0.25, 0.3) is 10.1 Å². The average molecular weight is 547 g/mol. The van der Waals surface area contributed by atoms with Crippen molar-refractivity contribution in [2.24, 2.45) is 10.2 Å². The molecule has 0 aliphatic rings. The maximum atomic E-state index is 12.2. The van der Waals surface area contributed by atoms with Gasteiger partial charge in [-0.1, -0.05) is 0 Å². The third-order valence-electron chi connectivity index (χ3n) is 4.63. The summed E-state index contributed by atoms with van der Waals surface area (Å²) >= 11 is 0. The molecule has 0 saturated carbocycles. The molecule has 3 aromatic carbocycles. The predicted molar refractivity (Wildman–Crippen MR) is 124 cm³/mol. The Bertz CT molecular complexity index is 1650. The molecule has 0 saturated heterocycles. The van der Waals surface area contributed by atoms with Crippen molar-refractivity contribution in [1.29, 1.82) is 0 Å². The van der Waals surface area contributed by atoms with E-state index in [0.717, 1.165) is 18.2 Å². The molecule has 3 aromatic rings. The van der Waals surface area contributed by atoms with Crippen molar-refractivity contribution in [1.82, 2.24) is 0 Å². The number of fused-ring (bicyclic) bond motifs is 1. The van der Waals surface area contributed by atoms with E-state index in [9.17, 15) is 34.9 Å². The summed E-state index contributed by atoms with van der Waals surface area (Å²) in [7, 11) is -13.7. The van der Waals surface area contributed by atoms with Gasteiger partial charge in [-0.05, 0) is 42.5 Å². The molecule has 14 nitrogen and oxygen atoms in total. The van der Waals surface area contributed by atoms with Crippen molar-refractivity contribution in [3.8, 4) is 5.75 Å². The number of aromatic hydroxyl groups is 1. The first-order chi connectivity index (χ1) is 16.1. The number of benzene rings is 3. The molecule has 0 fully saturated rings. The summed E-state index contributed by atoms with van der Waals surface area (Å²) in [5.41, 5.74) is 11.1. The Kier molecular flexibility index (Phi) is 7.02. The number of hydrogen-bond acceptors (Lipinski definition) is 12. The number of azo groups is 1. The molecule has 0 radical (unpaired) electrons. The average Bonchev–Trinajstić information content (AvgIpc) is 2.74. The minimum atomic E-state index is -4.89. The van der Waals surface area contributed by atoms with E-state index in [-0.39, 0.29) is 32.7 Å². The first kappa shape index (κ1) is 26.3. The summed E-state index contributed by atoms with van der Waals surface area (Å²) in [6.45, 7) is -0.807. The molecular formula is C18H18N4O10S3. The van der Waals surface area contributed by atoms with Crippen molar-refractivity contribution in [3.63, 3.8) is 0 Å². The number of nitrogen functional groups attached to an aromatic ring is 2. The zero-order chi connectivity index (χ0) is 26.2. The third-order valence-corrected chi connectivity index (χ3v) is 7.66. The molecule has 0 aromatic heterocycles. The summed E-state index contributed by atoms with van der Waals surface area (Å²) in [4.78, 5) is -1.02. The zero-order valence-electron chi connectivity index (χ0n) is 17.4. The molecule has 0 bridgehead atoms. The van der Waals surface area contributed by atoms with Gasteiger partial charge in [0.2, 0.25) is 0 Å². The largest absolute Gasteiger partial charge is 0.505 e.